The van der Waals surface area contributed by atoms with Crippen LogP contribution in [0.1, 0.15) is 26.3 Å². The van der Waals surface area contributed by atoms with Crippen molar-refractivity contribution < 1.29 is 9.84 Å². The van der Waals surface area contributed by atoms with Crippen LogP contribution < -0.4 is 0 Å². The van der Waals surface area contributed by atoms with Gasteiger partial charge in [-0.1, -0.05) is 0 Å². The van der Waals surface area contributed by atoms with Crippen LogP contribution in [0.5, 0.6) is 5.75 Å². The molecule has 1 aromatic carbocycles. The summed E-state index contributed by atoms with van der Waals surface area (Å²) in [6.45, 7) is 7.67. The van der Waals surface area contributed by atoms with E-state index in [1.165, 1.54) is 5.56 Å². The van der Waals surface area contributed by atoms with Gasteiger partial charge in [0.25, 0.3) is 0 Å². The van der Waals surface area contributed by atoms with Crippen molar-refractivity contribution in [3.05, 3.63) is 30.0 Å². The molecule has 0 amide bonds. The summed E-state index contributed by atoms with van der Waals surface area (Å²) in [5.41, 5.74) is 2.24. The summed E-state index contributed by atoms with van der Waals surface area (Å²) in [5, 5.41) is 10.7. The van der Waals surface area contributed by atoms with E-state index in [1.807, 2.05) is 19.9 Å². The summed E-state index contributed by atoms with van der Waals surface area (Å²) in [4.78, 5) is 0. The maximum Gasteiger partial charge on any atom is 0.117 e. The third-order valence-electron chi connectivity index (χ3n) is 2.86. The van der Waals surface area contributed by atoms with Crippen molar-refractivity contribution in [2.75, 3.05) is 0 Å². The second-order valence-electron chi connectivity index (χ2n) is 4.50. The van der Waals surface area contributed by atoms with E-state index in [2.05, 4.69) is 17.7 Å². The van der Waals surface area contributed by atoms with E-state index in [0.717, 1.165) is 17.4 Å². The predicted molar refractivity (Wildman–Crippen MR) is 69.2 cm³/mol. The Morgan fingerprint density at radius 1 is 1.35 bits per heavy atom. The number of phenols is 1. The Hall–Kier alpha value is -1.48. The molecule has 2 aromatic rings. The van der Waals surface area contributed by atoms with E-state index in [0.29, 0.717) is 12.4 Å². The smallest absolute Gasteiger partial charge is 0.117 e. The van der Waals surface area contributed by atoms with Crippen molar-refractivity contribution in [3.8, 4) is 5.75 Å². The second kappa shape index (κ2) is 4.80. The summed E-state index contributed by atoms with van der Waals surface area (Å²) < 4.78 is 7.78. The van der Waals surface area contributed by atoms with E-state index >= 15 is 0 Å². The lowest BCUT2D eigenvalue weighted by atomic mass is 10.2. The van der Waals surface area contributed by atoms with Gasteiger partial charge in [0.05, 0.1) is 18.2 Å². The lowest BCUT2D eigenvalue weighted by Gasteiger charge is -2.06. The van der Waals surface area contributed by atoms with Crippen LogP contribution in [0.3, 0.4) is 0 Å². The number of benzene rings is 1. The Morgan fingerprint density at radius 3 is 2.76 bits per heavy atom. The zero-order chi connectivity index (χ0) is 12.4. The Morgan fingerprint density at radius 2 is 2.12 bits per heavy atom. The molecule has 3 heteroatoms. The highest BCUT2D eigenvalue weighted by Gasteiger charge is 2.09. The van der Waals surface area contributed by atoms with E-state index < -0.39 is 0 Å². The molecule has 3 nitrogen and oxygen atoms in total. The maximum absolute atomic E-state index is 9.53. The van der Waals surface area contributed by atoms with Crippen LogP contribution in [0.15, 0.2) is 24.4 Å². The van der Waals surface area contributed by atoms with E-state index in [4.69, 9.17) is 4.74 Å². The Bertz CT molecular complexity index is 514. The summed E-state index contributed by atoms with van der Waals surface area (Å²) in [6.07, 6.45) is 2.33. The van der Waals surface area contributed by atoms with Crippen molar-refractivity contribution >= 4 is 10.9 Å². The highest BCUT2D eigenvalue weighted by atomic mass is 16.5. The minimum absolute atomic E-state index is 0.229. The normalized spacial score (nSPS) is 11.5. The first-order valence-electron chi connectivity index (χ1n) is 6.04. The number of hydrogen-bond acceptors (Lipinski definition) is 2. The molecule has 1 aromatic heterocycles. The fourth-order valence-electron chi connectivity index (χ4n) is 1.99. The molecule has 0 aliphatic carbocycles. The average Bonchev–Trinajstić information content (AvgIpc) is 2.63. The van der Waals surface area contributed by atoms with Gasteiger partial charge in [-0.05, 0) is 32.9 Å². The first kappa shape index (κ1) is 12.0. The van der Waals surface area contributed by atoms with Crippen LogP contribution in [-0.2, 0) is 17.9 Å². The number of nitrogens with zero attached hydrogens (tertiary/aromatic N) is 1. The van der Waals surface area contributed by atoms with Gasteiger partial charge in [0.2, 0.25) is 0 Å². The highest BCUT2D eigenvalue weighted by Crippen LogP contribution is 2.26. The molecule has 0 radical (unpaired) electrons. The van der Waals surface area contributed by atoms with Gasteiger partial charge in [0.15, 0.2) is 0 Å². The van der Waals surface area contributed by atoms with Gasteiger partial charge in [0, 0.05) is 29.8 Å². The molecule has 17 heavy (non-hydrogen) atoms. The first-order chi connectivity index (χ1) is 8.11. The van der Waals surface area contributed by atoms with Crippen molar-refractivity contribution in [1.82, 2.24) is 4.57 Å². The van der Waals surface area contributed by atoms with E-state index in [1.54, 1.807) is 12.1 Å². The summed E-state index contributed by atoms with van der Waals surface area (Å²) in [5.74, 6) is 0.307. The molecule has 0 unspecified atom stereocenters. The van der Waals surface area contributed by atoms with Gasteiger partial charge in [-0.2, -0.15) is 0 Å². The van der Waals surface area contributed by atoms with Crippen LogP contribution >= 0.6 is 0 Å². The van der Waals surface area contributed by atoms with Gasteiger partial charge in [0.1, 0.15) is 5.75 Å². The lowest BCUT2D eigenvalue weighted by molar-refractivity contribution is 0.0663. The number of hydrogen-bond donors (Lipinski definition) is 1. The molecule has 92 valence electrons. The molecule has 0 atom stereocenters. The van der Waals surface area contributed by atoms with E-state index in [9.17, 15) is 5.11 Å². The second-order valence-corrected chi connectivity index (χ2v) is 4.50. The van der Waals surface area contributed by atoms with Crippen LogP contribution in [0, 0.1) is 0 Å². The lowest BCUT2D eigenvalue weighted by Crippen LogP contribution is -2.01. The quantitative estimate of drug-likeness (QED) is 0.879. The molecular formula is C14H19NO2. The molecule has 0 spiro atoms. The standard InChI is InChI=1S/C14H19NO2/c1-4-15-8-11(9-17-10(2)3)13-6-5-12(16)7-14(13)15/h5-8,10,16H,4,9H2,1-3H3. The van der Waals surface area contributed by atoms with Crippen LogP contribution in [-0.4, -0.2) is 15.8 Å². The molecular weight excluding hydrogens is 214 g/mol. The van der Waals surface area contributed by atoms with Crippen molar-refractivity contribution in [2.24, 2.45) is 0 Å². The number of aromatic hydroxyl groups is 1. The molecule has 0 bridgehead atoms. The molecule has 0 saturated carbocycles. The fourth-order valence-corrected chi connectivity index (χ4v) is 1.99. The van der Waals surface area contributed by atoms with Crippen molar-refractivity contribution in [2.45, 2.75) is 40.0 Å². The number of rotatable bonds is 4. The summed E-state index contributed by atoms with van der Waals surface area (Å²) >= 11 is 0. The fraction of sp³-hybridized carbons (Fsp3) is 0.429. The molecule has 1 heterocycles. The Kier molecular flexibility index (Phi) is 3.38. The van der Waals surface area contributed by atoms with Gasteiger partial charge in [-0.15, -0.1) is 0 Å². The monoisotopic (exact) mass is 233 g/mol. The zero-order valence-corrected chi connectivity index (χ0v) is 10.6. The first-order valence-corrected chi connectivity index (χ1v) is 6.04. The van der Waals surface area contributed by atoms with Crippen molar-refractivity contribution in [1.29, 1.82) is 0 Å². The molecule has 0 fully saturated rings. The molecule has 1 N–H and O–H groups in total. The van der Waals surface area contributed by atoms with Gasteiger partial charge in [-0.3, -0.25) is 0 Å². The van der Waals surface area contributed by atoms with Gasteiger partial charge >= 0.3 is 0 Å². The Labute approximate surface area is 102 Å². The molecule has 0 aliphatic heterocycles. The zero-order valence-electron chi connectivity index (χ0n) is 10.6. The minimum Gasteiger partial charge on any atom is -0.508 e. The number of fused-ring (bicyclic) bond motifs is 1. The minimum atomic E-state index is 0.229. The number of phenolic OH excluding ortho intramolecular Hbond substituents is 1. The molecule has 0 aliphatic rings. The van der Waals surface area contributed by atoms with Gasteiger partial charge in [-0.25, -0.2) is 0 Å². The topological polar surface area (TPSA) is 34.4 Å². The molecule has 2 rings (SSSR count). The third-order valence-corrected chi connectivity index (χ3v) is 2.86. The molecule has 0 saturated heterocycles. The largest absolute Gasteiger partial charge is 0.508 e. The Balaban J connectivity index is 2.42. The SMILES string of the molecule is CCn1cc(COC(C)C)c2ccc(O)cc21. The summed E-state index contributed by atoms with van der Waals surface area (Å²) in [7, 11) is 0. The van der Waals surface area contributed by atoms with Crippen molar-refractivity contribution in [3.63, 3.8) is 0 Å². The van der Waals surface area contributed by atoms with Crippen LogP contribution in [0.25, 0.3) is 10.9 Å². The number of aromatic nitrogens is 1. The summed E-state index contributed by atoms with van der Waals surface area (Å²) in [6, 6.07) is 5.48. The number of aryl methyl sites for hydroxylation is 1. The predicted octanol–water partition coefficient (Wildman–Crippen LogP) is 3.29. The highest BCUT2D eigenvalue weighted by molar-refractivity contribution is 5.85. The van der Waals surface area contributed by atoms with Crippen LogP contribution in [0.4, 0.5) is 0 Å². The average molecular weight is 233 g/mol. The number of ether oxygens (including phenoxy) is 1. The van der Waals surface area contributed by atoms with Crippen LogP contribution in [0.2, 0.25) is 0 Å². The van der Waals surface area contributed by atoms with E-state index in [-0.39, 0.29) is 6.10 Å². The third kappa shape index (κ3) is 2.44. The van der Waals surface area contributed by atoms with Gasteiger partial charge < -0.3 is 14.4 Å². The maximum atomic E-state index is 9.53.